The number of anilines is 1. The van der Waals surface area contributed by atoms with Gasteiger partial charge in [-0.05, 0) is 37.5 Å². The van der Waals surface area contributed by atoms with Gasteiger partial charge < -0.3 is 15.0 Å². The van der Waals surface area contributed by atoms with Crippen molar-refractivity contribution in [2.45, 2.75) is 25.8 Å². The van der Waals surface area contributed by atoms with E-state index in [-0.39, 0.29) is 17.9 Å². The summed E-state index contributed by atoms with van der Waals surface area (Å²) in [4.78, 5) is 14.9. The maximum absolute atomic E-state index is 12.5. The lowest BCUT2D eigenvalue weighted by molar-refractivity contribution is -0.150. The molecular formula is C22H28N2O2. The molecule has 0 spiro atoms. The minimum absolute atomic E-state index is 0.0923. The molecule has 2 aromatic carbocycles. The van der Waals surface area contributed by atoms with E-state index >= 15 is 0 Å². The Labute approximate surface area is 156 Å². The highest BCUT2D eigenvalue weighted by molar-refractivity contribution is 5.74. The average molecular weight is 352 g/mol. The highest BCUT2D eigenvalue weighted by atomic mass is 16.5. The number of nitrogens with zero attached hydrogens (tertiary/aromatic N) is 1. The molecule has 0 bridgehead atoms. The number of nitrogens with one attached hydrogen (secondary N) is 1. The molecule has 1 fully saturated rings. The maximum atomic E-state index is 12.5. The van der Waals surface area contributed by atoms with Crippen molar-refractivity contribution in [3.8, 4) is 0 Å². The van der Waals surface area contributed by atoms with E-state index in [0.29, 0.717) is 6.61 Å². The molecule has 0 radical (unpaired) electrons. The van der Waals surface area contributed by atoms with Crippen LogP contribution >= 0.6 is 0 Å². The number of rotatable bonds is 7. The summed E-state index contributed by atoms with van der Waals surface area (Å²) < 4.78 is 5.35. The minimum Gasteiger partial charge on any atom is -0.466 e. The van der Waals surface area contributed by atoms with Gasteiger partial charge in [0.25, 0.3) is 0 Å². The molecule has 1 aliphatic heterocycles. The van der Waals surface area contributed by atoms with Crippen molar-refractivity contribution in [3.63, 3.8) is 0 Å². The number of benzene rings is 2. The van der Waals surface area contributed by atoms with Crippen LogP contribution in [0.4, 0.5) is 5.69 Å². The molecule has 1 N–H and O–H groups in total. The molecule has 1 aliphatic rings. The summed E-state index contributed by atoms with van der Waals surface area (Å²) in [5.74, 6) is -0.231. The summed E-state index contributed by atoms with van der Waals surface area (Å²) in [5, 5.41) is 3.54. The molecule has 4 heteroatoms. The van der Waals surface area contributed by atoms with E-state index in [1.807, 2.05) is 43.3 Å². The van der Waals surface area contributed by atoms with Crippen LogP contribution in [-0.4, -0.2) is 43.2 Å². The second-order valence-corrected chi connectivity index (χ2v) is 6.80. The van der Waals surface area contributed by atoms with Crippen molar-refractivity contribution in [3.05, 3.63) is 66.2 Å². The van der Waals surface area contributed by atoms with Gasteiger partial charge in [0, 0.05) is 31.4 Å². The van der Waals surface area contributed by atoms with E-state index in [4.69, 9.17) is 4.74 Å². The topological polar surface area (TPSA) is 41.6 Å². The Kier molecular flexibility index (Phi) is 6.67. The molecule has 1 unspecified atom stereocenters. The molecule has 0 saturated carbocycles. The number of carbonyl (C=O) groups is 1. The summed E-state index contributed by atoms with van der Waals surface area (Å²) in [5.41, 5.74) is 2.40. The minimum atomic E-state index is -0.139. The number of hydrogen-bond donors (Lipinski definition) is 1. The van der Waals surface area contributed by atoms with Gasteiger partial charge >= 0.3 is 5.97 Å². The number of likely N-dealkylation sites (tertiary alicyclic amines) is 1. The second kappa shape index (κ2) is 9.39. The van der Waals surface area contributed by atoms with E-state index < -0.39 is 0 Å². The quantitative estimate of drug-likeness (QED) is 0.773. The molecule has 1 heterocycles. The number of para-hydroxylation sites is 1. The van der Waals surface area contributed by atoms with Gasteiger partial charge in [-0.15, -0.1) is 0 Å². The third-order valence-electron chi connectivity index (χ3n) is 4.97. The van der Waals surface area contributed by atoms with E-state index in [2.05, 4.69) is 34.5 Å². The Morgan fingerprint density at radius 1 is 1.12 bits per heavy atom. The number of esters is 1. The fraction of sp³-hybridized carbons (Fsp3) is 0.409. The van der Waals surface area contributed by atoms with Crippen LogP contribution in [0.1, 0.15) is 18.9 Å². The van der Waals surface area contributed by atoms with Gasteiger partial charge in [-0.1, -0.05) is 48.5 Å². The third-order valence-corrected chi connectivity index (χ3v) is 4.97. The first-order valence-electron chi connectivity index (χ1n) is 9.50. The summed E-state index contributed by atoms with van der Waals surface area (Å²) in [7, 11) is 0. The molecule has 4 nitrogen and oxygen atoms in total. The van der Waals surface area contributed by atoms with Crippen LogP contribution in [0.2, 0.25) is 0 Å². The van der Waals surface area contributed by atoms with Crippen molar-refractivity contribution in [2.24, 2.45) is 5.92 Å². The summed E-state index contributed by atoms with van der Waals surface area (Å²) in [6.07, 6.45) is 1.94. The maximum Gasteiger partial charge on any atom is 0.312 e. The van der Waals surface area contributed by atoms with Gasteiger partial charge in [-0.25, -0.2) is 0 Å². The van der Waals surface area contributed by atoms with Crippen LogP contribution in [0.25, 0.3) is 0 Å². The predicted octanol–water partition coefficient (Wildman–Crippen LogP) is 3.59. The molecule has 2 atom stereocenters. The molecule has 3 rings (SSSR count). The first-order chi connectivity index (χ1) is 12.8. The Hall–Kier alpha value is -2.33. The fourth-order valence-electron chi connectivity index (χ4n) is 3.56. The average Bonchev–Trinajstić information content (AvgIpc) is 2.69. The van der Waals surface area contributed by atoms with Crippen molar-refractivity contribution >= 4 is 11.7 Å². The molecule has 26 heavy (non-hydrogen) atoms. The molecule has 138 valence electrons. The fourth-order valence-corrected chi connectivity index (χ4v) is 3.56. The van der Waals surface area contributed by atoms with Crippen molar-refractivity contribution in [1.82, 2.24) is 4.90 Å². The van der Waals surface area contributed by atoms with Crippen LogP contribution in [0.15, 0.2) is 60.7 Å². The van der Waals surface area contributed by atoms with Gasteiger partial charge in [-0.2, -0.15) is 0 Å². The van der Waals surface area contributed by atoms with Gasteiger partial charge in [0.1, 0.15) is 0 Å². The van der Waals surface area contributed by atoms with Gasteiger partial charge in [-0.3, -0.25) is 4.79 Å². The second-order valence-electron chi connectivity index (χ2n) is 6.80. The van der Waals surface area contributed by atoms with Crippen LogP contribution in [0.5, 0.6) is 0 Å². The number of ether oxygens (including phenoxy) is 1. The Morgan fingerprint density at radius 3 is 2.50 bits per heavy atom. The highest BCUT2D eigenvalue weighted by Crippen LogP contribution is 2.23. The van der Waals surface area contributed by atoms with E-state index in [1.165, 1.54) is 5.56 Å². The van der Waals surface area contributed by atoms with Gasteiger partial charge in [0.05, 0.1) is 12.5 Å². The normalized spacial score (nSPS) is 20.5. The van der Waals surface area contributed by atoms with Crippen LogP contribution < -0.4 is 5.32 Å². The first kappa shape index (κ1) is 18.5. The lowest BCUT2D eigenvalue weighted by Gasteiger charge is -2.38. The van der Waals surface area contributed by atoms with Crippen molar-refractivity contribution in [2.75, 3.05) is 31.6 Å². The SMILES string of the molecule is CCOC(=O)[C@H]1CN(CCc2ccccc2)CCC1Nc1ccccc1. The van der Waals surface area contributed by atoms with E-state index in [1.54, 1.807) is 0 Å². The van der Waals surface area contributed by atoms with Crippen molar-refractivity contribution < 1.29 is 9.53 Å². The van der Waals surface area contributed by atoms with Crippen LogP contribution in [0.3, 0.4) is 0 Å². The van der Waals surface area contributed by atoms with E-state index in [0.717, 1.165) is 38.2 Å². The molecule has 2 aromatic rings. The third kappa shape index (κ3) is 5.09. The zero-order valence-corrected chi connectivity index (χ0v) is 15.4. The molecule has 0 amide bonds. The van der Waals surface area contributed by atoms with E-state index in [9.17, 15) is 4.79 Å². The highest BCUT2D eigenvalue weighted by Gasteiger charge is 2.35. The Balaban J connectivity index is 1.62. The van der Waals surface area contributed by atoms with Crippen LogP contribution in [0, 0.1) is 5.92 Å². The smallest absolute Gasteiger partial charge is 0.312 e. The lowest BCUT2D eigenvalue weighted by Crippen LogP contribution is -2.50. The Morgan fingerprint density at radius 2 is 1.81 bits per heavy atom. The number of hydrogen-bond acceptors (Lipinski definition) is 4. The zero-order valence-electron chi connectivity index (χ0n) is 15.4. The van der Waals surface area contributed by atoms with Crippen LogP contribution in [-0.2, 0) is 16.0 Å². The zero-order chi connectivity index (χ0) is 18.2. The standard InChI is InChI=1S/C22H28N2O2/c1-2-26-22(25)20-17-24(15-13-18-9-5-3-6-10-18)16-14-21(20)23-19-11-7-4-8-12-19/h3-12,20-21,23H,2,13-17H2,1H3/t20-,21?/m0/s1. The Bertz CT molecular complexity index is 675. The molecular weight excluding hydrogens is 324 g/mol. The summed E-state index contributed by atoms with van der Waals surface area (Å²) >= 11 is 0. The largest absolute Gasteiger partial charge is 0.466 e. The lowest BCUT2D eigenvalue weighted by atomic mass is 9.91. The number of carbonyl (C=O) groups excluding carboxylic acids is 1. The number of piperidine rings is 1. The van der Waals surface area contributed by atoms with Gasteiger partial charge in [0.2, 0.25) is 0 Å². The first-order valence-corrected chi connectivity index (χ1v) is 9.50. The monoisotopic (exact) mass is 352 g/mol. The molecule has 0 aromatic heterocycles. The molecule has 1 saturated heterocycles. The van der Waals surface area contributed by atoms with Crippen molar-refractivity contribution in [1.29, 1.82) is 0 Å². The van der Waals surface area contributed by atoms with Gasteiger partial charge in [0.15, 0.2) is 0 Å². The summed E-state index contributed by atoms with van der Waals surface area (Å²) in [6, 6.07) is 20.7. The predicted molar refractivity (Wildman–Crippen MR) is 105 cm³/mol. The molecule has 0 aliphatic carbocycles. The summed E-state index contributed by atoms with van der Waals surface area (Å²) in [6.45, 7) is 5.01.